The van der Waals surface area contributed by atoms with Crippen LogP contribution in [-0.4, -0.2) is 30.1 Å². The SMILES string of the molecule is CN1C(=O)NC(NCc2ccccc2)C1=O. The first-order valence-electron chi connectivity index (χ1n) is 5.04. The van der Waals surface area contributed by atoms with Crippen LogP contribution < -0.4 is 10.6 Å². The van der Waals surface area contributed by atoms with Crippen LogP contribution in [0.3, 0.4) is 0 Å². The second-order valence-corrected chi connectivity index (χ2v) is 3.65. The van der Waals surface area contributed by atoms with E-state index >= 15 is 0 Å². The molecular formula is C11H13N3O2. The summed E-state index contributed by atoms with van der Waals surface area (Å²) in [5, 5.41) is 5.54. The molecule has 0 saturated carbocycles. The summed E-state index contributed by atoms with van der Waals surface area (Å²) in [7, 11) is 1.46. The van der Waals surface area contributed by atoms with Crippen molar-refractivity contribution in [1.29, 1.82) is 0 Å². The van der Waals surface area contributed by atoms with Crippen LogP contribution >= 0.6 is 0 Å². The molecule has 1 aliphatic heterocycles. The fourth-order valence-corrected chi connectivity index (χ4v) is 1.53. The van der Waals surface area contributed by atoms with E-state index in [4.69, 9.17) is 0 Å². The Bertz CT molecular complexity index is 405. The molecule has 3 amide bonds. The van der Waals surface area contributed by atoms with E-state index in [-0.39, 0.29) is 11.9 Å². The first-order chi connectivity index (χ1) is 7.68. The Balaban J connectivity index is 1.92. The highest BCUT2D eigenvalue weighted by Gasteiger charge is 2.34. The van der Waals surface area contributed by atoms with Gasteiger partial charge in [-0.05, 0) is 5.56 Å². The molecule has 1 fully saturated rings. The zero-order chi connectivity index (χ0) is 11.5. The molecule has 1 aromatic carbocycles. The quantitative estimate of drug-likeness (QED) is 0.718. The fourth-order valence-electron chi connectivity index (χ4n) is 1.53. The Morgan fingerprint density at radius 2 is 2.00 bits per heavy atom. The summed E-state index contributed by atoms with van der Waals surface area (Å²) >= 11 is 0. The Hall–Kier alpha value is -1.88. The van der Waals surface area contributed by atoms with Gasteiger partial charge in [0.15, 0.2) is 6.17 Å². The van der Waals surface area contributed by atoms with E-state index in [0.717, 1.165) is 10.5 Å². The third-order valence-electron chi connectivity index (χ3n) is 2.50. The Labute approximate surface area is 93.4 Å². The van der Waals surface area contributed by atoms with Crippen molar-refractivity contribution in [3.05, 3.63) is 35.9 Å². The van der Waals surface area contributed by atoms with Gasteiger partial charge in [0.25, 0.3) is 5.91 Å². The lowest BCUT2D eigenvalue weighted by molar-refractivity contribution is -0.127. The van der Waals surface area contributed by atoms with Crippen molar-refractivity contribution in [2.45, 2.75) is 12.7 Å². The van der Waals surface area contributed by atoms with Crippen molar-refractivity contribution < 1.29 is 9.59 Å². The normalized spacial score (nSPS) is 20.1. The van der Waals surface area contributed by atoms with Crippen LogP contribution in [0.1, 0.15) is 5.56 Å². The molecular weight excluding hydrogens is 206 g/mol. The summed E-state index contributed by atoms with van der Waals surface area (Å²) in [6.07, 6.45) is -0.613. The van der Waals surface area contributed by atoms with E-state index < -0.39 is 6.17 Å². The number of nitrogens with one attached hydrogen (secondary N) is 2. The first-order valence-corrected chi connectivity index (χ1v) is 5.04. The summed E-state index contributed by atoms with van der Waals surface area (Å²) in [6, 6.07) is 9.34. The highest BCUT2D eigenvalue weighted by molar-refractivity contribution is 6.03. The molecule has 2 rings (SSSR count). The molecule has 1 saturated heterocycles. The largest absolute Gasteiger partial charge is 0.325 e. The van der Waals surface area contributed by atoms with Crippen molar-refractivity contribution in [2.75, 3.05) is 7.05 Å². The van der Waals surface area contributed by atoms with Gasteiger partial charge in [0, 0.05) is 13.6 Å². The standard InChI is InChI=1S/C11H13N3O2/c1-14-10(15)9(13-11(14)16)12-7-8-5-3-2-4-6-8/h2-6,9,12H,7H2,1H3,(H,13,16). The van der Waals surface area contributed by atoms with Crippen molar-refractivity contribution in [3.63, 3.8) is 0 Å². The zero-order valence-corrected chi connectivity index (χ0v) is 8.93. The maximum atomic E-state index is 11.5. The molecule has 0 spiro atoms. The Morgan fingerprint density at radius 1 is 1.31 bits per heavy atom. The van der Waals surface area contributed by atoms with E-state index in [1.54, 1.807) is 0 Å². The average molecular weight is 219 g/mol. The van der Waals surface area contributed by atoms with Crippen LogP contribution in [0, 0.1) is 0 Å². The van der Waals surface area contributed by atoms with Crippen molar-refractivity contribution >= 4 is 11.9 Å². The minimum absolute atomic E-state index is 0.249. The predicted octanol–water partition coefficient (Wildman–Crippen LogP) is 0.284. The lowest BCUT2D eigenvalue weighted by atomic mass is 10.2. The van der Waals surface area contributed by atoms with Gasteiger partial charge in [-0.15, -0.1) is 0 Å². The highest BCUT2D eigenvalue weighted by atomic mass is 16.2. The van der Waals surface area contributed by atoms with Gasteiger partial charge in [0.1, 0.15) is 0 Å². The number of imide groups is 1. The van der Waals surface area contributed by atoms with Crippen LogP contribution in [-0.2, 0) is 11.3 Å². The second kappa shape index (κ2) is 4.32. The number of benzene rings is 1. The molecule has 1 heterocycles. The minimum atomic E-state index is -0.613. The van der Waals surface area contributed by atoms with Crippen molar-refractivity contribution in [2.24, 2.45) is 0 Å². The van der Waals surface area contributed by atoms with Crippen molar-refractivity contribution in [1.82, 2.24) is 15.5 Å². The molecule has 16 heavy (non-hydrogen) atoms. The smallest absolute Gasteiger partial charge is 0.314 e. The summed E-state index contributed by atoms with van der Waals surface area (Å²) in [4.78, 5) is 23.7. The third-order valence-corrected chi connectivity index (χ3v) is 2.50. The maximum absolute atomic E-state index is 11.5. The second-order valence-electron chi connectivity index (χ2n) is 3.65. The number of rotatable bonds is 3. The van der Waals surface area contributed by atoms with Crippen LogP contribution in [0.25, 0.3) is 0 Å². The number of carbonyl (C=O) groups is 2. The molecule has 5 heteroatoms. The zero-order valence-electron chi connectivity index (χ0n) is 8.93. The van der Waals surface area contributed by atoms with E-state index in [9.17, 15) is 9.59 Å². The predicted molar refractivity (Wildman–Crippen MR) is 58.4 cm³/mol. The fraction of sp³-hybridized carbons (Fsp3) is 0.273. The lowest BCUT2D eigenvalue weighted by Crippen LogP contribution is -2.42. The van der Waals surface area contributed by atoms with E-state index in [0.29, 0.717) is 6.54 Å². The molecule has 2 N–H and O–H groups in total. The summed E-state index contributed by atoms with van der Waals surface area (Å²) in [6.45, 7) is 0.547. The van der Waals surface area contributed by atoms with Gasteiger partial charge < -0.3 is 5.32 Å². The van der Waals surface area contributed by atoms with Crippen LogP contribution in [0.5, 0.6) is 0 Å². The van der Waals surface area contributed by atoms with Gasteiger partial charge >= 0.3 is 6.03 Å². The lowest BCUT2D eigenvalue weighted by Gasteiger charge is -2.10. The van der Waals surface area contributed by atoms with Gasteiger partial charge in [-0.1, -0.05) is 30.3 Å². The summed E-state index contributed by atoms with van der Waals surface area (Å²) in [5.41, 5.74) is 1.07. The molecule has 1 atom stereocenters. The van der Waals surface area contributed by atoms with Crippen molar-refractivity contribution in [3.8, 4) is 0 Å². The average Bonchev–Trinajstić information content (AvgIpc) is 2.56. The monoisotopic (exact) mass is 219 g/mol. The van der Waals surface area contributed by atoms with E-state index in [1.807, 2.05) is 30.3 Å². The Morgan fingerprint density at radius 3 is 2.56 bits per heavy atom. The minimum Gasteiger partial charge on any atom is -0.314 e. The first kappa shape index (κ1) is 10.6. The topological polar surface area (TPSA) is 61.4 Å². The summed E-state index contributed by atoms with van der Waals surface area (Å²) in [5.74, 6) is -0.249. The molecule has 1 unspecified atom stereocenters. The number of likely N-dealkylation sites (N-methyl/N-ethyl adjacent to an activating group) is 1. The van der Waals surface area contributed by atoms with Gasteiger partial charge in [-0.3, -0.25) is 15.0 Å². The van der Waals surface area contributed by atoms with Crippen LogP contribution in [0.2, 0.25) is 0 Å². The maximum Gasteiger partial charge on any atom is 0.325 e. The molecule has 0 bridgehead atoms. The number of hydrogen-bond acceptors (Lipinski definition) is 3. The molecule has 5 nitrogen and oxygen atoms in total. The molecule has 0 aromatic heterocycles. The molecule has 1 aliphatic rings. The van der Waals surface area contributed by atoms with Gasteiger partial charge in [0.05, 0.1) is 0 Å². The molecule has 1 aromatic rings. The van der Waals surface area contributed by atoms with Gasteiger partial charge in [-0.25, -0.2) is 4.79 Å². The molecule has 84 valence electrons. The van der Waals surface area contributed by atoms with Crippen LogP contribution in [0.4, 0.5) is 4.79 Å². The summed E-state index contributed by atoms with van der Waals surface area (Å²) < 4.78 is 0. The number of hydrogen-bond donors (Lipinski definition) is 2. The number of carbonyl (C=O) groups excluding carboxylic acids is 2. The molecule has 0 radical (unpaired) electrons. The van der Waals surface area contributed by atoms with E-state index in [2.05, 4.69) is 10.6 Å². The van der Waals surface area contributed by atoms with E-state index in [1.165, 1.54) is 7.05 Å². The molecule has 0 aliphatic carbocycles. The highest BCUT2D eigenvalue weighted by Crippen LogP contribution is 2.03. The van der Waals surface area contributed by atoms with Gasteiger partial charge in [-0.2, -0.15) is 0 Å². The third kappa shape index (κ3) is 2.04. The van der Waals surface area contributed by atoms with Crippen LogP contribution in [0.15, 0.2) is 30.3 Å². The van der Waals surface area contributed by atoms with Gasteiger partial charge in [0.2, 0.25) is 0 Å². The number of amides is 3. The Kier molecular flexibility index (Phi) is 2.87. The number of urea groups is 1. The number of nitrogens with zero attached hydrogens (tertiary/aromatic N) is 1.